The standard InChI is InChI=1S/C37H49N5O5Si/c1-26-7-11-28(12-8-26)42-33-32(23-39-42)35(44)41(25-38-33)24-37(45)19-21-40(22-20-37)34(43)27-9-13-29(14-10-27)46-30-15-17-31(18-16-30)47-48(5,6)36(2,3)4/h7-14,23,25,30-31,45H,15-22,24H2,1-6H3. The van der Waals surface area contributed by atoms with Gasteiger partial charge in [0.2, 0.25) is 0 Å². The van der Waals surface area contributed by atoms with Gasteiger partial charge in [-0.2, -0.15) is 5.10 Å². The lowest BCUT2D eigenvalue weighted by molar-refractivity contribution is -0.0299. The number of aliphatic hydroxyl groups is 1. The SMILES string of the molecule is Cc1ccc(-n2ncc3c(=O)n(CC4(O)CCN(C(=O)c5ccc(OC6CCC(O[Si](C)(C)C(C)(C)C)CC6)cc5)CC4)cnc32)cc1. The summed E-state index contributed by atoms with van der Waals surface area (Å²) in [6.45, 7) is 14.4. The van der Waals surface area contributed by atoms with Crippen LogP contribution in [0.2, 0.25) is 18.1 Å². The van der Waals surface area contributed by atoms with Gasteiger partial charge in [0, 0.05) is 24.8 Å². The van der Waals surface area contributed by atoms with Crippen molar-refractivity contribution in [2.75, 3.05) is 13.1 Å². The number of nitrogens with zero attached hydrogens (tertiary/aromatic N) is 5. The molecule has 2 aromatic carbocycles. The fraction of sp³-hybridized carbons (Fsp3) is 0.514. The maximum Gasteiger partial charge on any atom is 0.264 e. The molecule has 1 aliphatic heterocycles. The molecule has 4 aromatic rings. The van der Waals surface area contributed by atoms with Crippen molar-refractivity contribution in [2.24, 2.45) is 0 Å². The third kappa shape index (κ3) is 7.28. The van der Waals surface area contributed by atoms with Crippen LogP contribution in [-0.2, 0) is 11.0 Å². The summed E-state index contributed by atoms with van der Waals surface area (Å²) in [5.41, 5.74) is 1.64. The highest BCUT2D eigenvalue weighted by atomic mass is 28.4. The lowest BCUT2D eigenvalue weighted by atomic mass is 9.91. The molecule has 0 radical (unpaired) electrons. The molecule has 3 heterocycles. The van der Waals surface area contributed by atoms with Gasteiger partial charge in [-0.3, -0.25) is 14.2 Å². The minimum atomic E-state index is -1.78. The molecule has 1 amide bonds. The van der Waals surface area contributed by atoms with Crippen molar-refractivity contribution in [1.82, 2.24) is 24.2 Å². The second kappa shape index (κ2) is 13.2. The normalized spacial score (nSPS) is 20.2. The Morgan fingerprint density at radius 1 is 0.979 bits per heavy atom. The van der Waals surface area contributed by atoms with E-state index in [4.69, 9.17) is 9.16 Å². The molecule has 0 bridgehead atoms. The molecule has 1 saturated carbocycles. The predicted molar refractivity (Wildman–Crippen MR) is 189 cm³/mol. The summed E-state index contributed by atoms with van der Waals surface area (Å²) in [4.78, 5) is 33.0. The zero-order chi connectivity index (χ0) is 34.3. The number of hydrogen-bond acceptors (Lipinski definition) is 7. The Morgan fingerprint density at radius 3 is 2.23 bits per heavy atom. The molecule has 2 aliphatic rings. The molecule has 6 rings (SSSR count). The number of ether oxygens (including phenoxy) is 1. The van der Waals surface area contributed by atoms with Crippen molar-refractivity contribution in [2.45, 2.75) is 109 Å². The van der Waals surface area contributed by atoms with E-state index in [1.165, 1.54) is 17.1 Å². The van der Waals surface area contributed by atoms with Gasteiger partial charge < -0.3 is 19.2 Å². The van der Waals surface area contributed by atoms with Crippen LogP contribution in [0, 0.1) is 6.92 Å². The molecule has 1 N–H and O–H groups in total. The zero-order valence-electron chi connectivity index (χ0n) is 29.1. The smallest absolute Gasteiger partial charge is 0.264 e. The minimum Gasteiger partial charge on any atom is -0.490 e. The van der Waals surface area contributed by atoms with Gasteiger partial charge in [0.1, 0.15) is 17.5 Å². The first-order chi connectivity index (χ1) is 22.7. The highest BCUT2D eigenvalue weighted by molar-refractivity contribution is 6.74. The van der Waals surface area contributed by atoms with Crippen molar-refractivity contribution >= 4 is 25.3 Å². The average molecular weight is 672 g/mol. The van der Waals surface area contributed by atoms with Crippen molar-refractivity contribution in [3.8, 4) is 11.4 Å². The van der Waals surface area contributed by atoms with Gasteiger partial charge in [0.25, 0.3) is 11.5 Å². The molecule has 1 aliphatic carbocycles. The second-order valence-electron chi connectivity index (χ2n) is 15.2. The number of aryl methyl sites for hydroxylation is 1. The molecule has 2 aromatic heterocycles. The minimum absolute atomic E-state index is 0.0735. The number of carbonyl (C=O) groups excluding carboxylic acids is 1. The van der Waals surface area contributed by atoms with Crippen LogP contribution in [0.15, 0.2) is 65.8 Å². The summed E-state index contributed by atoms with van der Waals surface area (Å²) in [5, 5.41) is 16.4. The van der Waals surface area contributed by atoms with Crippen LogP contribution in [0.5, 0.6) is 5.75 Å². The summed E-state index contributed by atoms with van der Waals surface area (Å²) in [7, 11) is -1.78. The fourth-order valence-electron chi connectivity index (χ4n) is 6.45. The van der Waals surface area contributed by atoms with E-state index in [1.54, 1.807) is 9.58 Å². The topological polar surface area (TPSA) is 112 Å². The van der Waals surface area contributed by atoms with Crippen LogP contribution >= 0.6 is 0 Å². The first kappa shape index (κ1) is 34.1. The van der Waals surface area contributed by atoms with E-state index in [1.807, 2.05) is 55.5 Å². The Balaban J connectivity index is 1.01. The Hall–Kier alpha value is -3.80. The van der Waals surface area contributed by atoms with Crippen molar-refractivity contribution in [3.63, 3.8) is 0 Å². The Morgan fingerprint density at radius 2 is 1.60 bits per heavy atom. The van der Waals surface area contributed by atoms with E-state index >= 15 is 0 Å². The first-order valence-electron chi connectivity index (χ1n) is 17.2. The highest BCUT2D eigenvalue weighted by Crippen LogP contribution is 2.39. The molecule has 10 nitrogen and oxygen atoms in total. The number of hydrogen-bond donors (Lipinski definition) is 1. The zero-order valence-corrected chi connectivity index (χ0v) is 30.1. The summed E-state index contributed by atoms with van der Waals surface area (Å²) in [6.07, 6.45) is 8.12. The van der Waals surface area contributed by atoms with Gasteiger partial charge in [0.05, 0.1) is 30.1 Å². The Kier molecular flexibility index (Phi) is 9.40. The third-order valence-corrected chi connectivity index (χ3v) is 15.1. The number of piperidine rings is 1. The largest absolute Gasteiger partial charge is 0.490 e. The van der Waals surface area contributed by atoms with Crippen molar-refractivity contribution < 1.29 is 19.1 Å². The Labute approximate surface area is 283 Å². The van der Waals surface area contributed by atoms with Crippen LogP contribution in [-0.4, -0.2) is 74.5 Å². The number of amides is 1. The Bertz CT molecular complexity index is 1790. The maximum absolute atomic E-state index is 13.3. The summed E-state index contributed by atoms with van der Waals surface area (Å²) in [6, 6.07) is 15.2. The van der Waals surface area contributed by atoms with E-state index in [0.717, 1.165) is 42.7 Å². The number of carbonyl (C=O) groups is 1. The summed E-state index contributed by atoms with van der Waals surface area (Å²) in [5.74, 6) is 0.699. The van der Waals surface area contributed by atoms with Crippen LogP contribution in [0.25, 0.3) is 16.7 Å². The van der Waals surface area contributed by atoms with Crippen LogP contribution in [0.4, 0.5) is 0 Å². The molecule has 0 atom stereocenters. The highest BCUT2D eigenvalue weighted by Gasteiger charge is 2.40. The number of fused-ring (bicyclic) bond motifs is 1. The van der Waals surface area contributed by atoms with Gasteiger partial charge in [-0.15, -0.1) is 0 Å². The molecule has 1 saturated heterocycles. The van der Waals surface area contributed by atoms with E-state index < -0.39 is 13.9 Å². The second-order valence-corrected chi connectivity index (χ2v) is 20.0. The molecule has 2 fully saturated rings. The van der Waals surface area contributed by atoms with Crippen LogP contribution in [0.1, 0.15) is 75.2 Å². The van der Waals surface area contributed by atoms with Crippen molar-refractivity contribution in [1.29, 1.82) is 0 Å². The first-order valence-corrected chi connectivity index (χ1v) is 20.1. The lowest BCUT2D eigenvalue weighted by Gasteiger charge is -2.41. The summed E-state index contributed by atoms with van der Waals surface area (Å²) >= 11 is 0. The molecular formula is C37H49N5O5Si. The molecule has 0 spiro atoms. The van der Waals surface area contributed by atoms with Gasteiger partial charge >= 0.3 is 0 Å². The van der Waals surface area contributed by atoms with Crippen LogP contribution in [0.3, 0.4) is 0 Å². The van der Waals surface area contributed by atoms with E-state index in [-0.39, 0.29) is 29.2 Å². The molecule has 0 unspecified atom stereocenters. The molecular weight excluding hydrogens is 623 g/mol. The van der Waals surface area contributed by atoms with E-state index in [2.05, 4.69) is 43.9 Å². The number of benzene rings is 2. The van der Waals surface area contributed by atoms with Crippen LogP contribution < -0.4 is 10.3 Å². The fourth-order valence-corrected chi connectivity index (χ4v) is 7.87. The van der Waals surface area contributed by atoms with E-state index in [0.29, 0.717) is 48.6 Å². The van der Waals surface area contributed by atoms with Gasteiger partial charge in [-0.05, 0) is 100.0 Å². The molecule has 48 heavy (non-hydrogen) atoms. The summed E-state index contributed by atoms with van der Waals surface area (Å²) < 4.78 is 16.0. The van der Waals surface area contributed by atoms with Crippen molar-refractivity contribution in [3.05, 3.63) is 82.5 Å². The lowest BCUT2D eigenvalue weighted by Crippen LogP contribution is -2.49. The molecule has 11 heteroatoms. The quantitative estimate of drug-likeness (QED) is 0.220. The third-order valence-electron chi connectivity index (χ3n) is 10.6. The number of likely N-dealkylation sites (tertiary alicyclic amines) is 1. The monoisotopic (exact) mass is 671 g/mol. The van der Waals surface area contributed by atoms with Gasteiger partial charge in [0.15, 0.2) is 14.0 Å². The van der Waals surface area contributed by atoms with E-state index in [9.17, 15) is 14.7 Å². The molecule has 256 valence electrons. The number of rotatable bonds is 8. The number of aromatic nitrogens is 4. The predicted octanol–water partition coefficient (Wildman–Crippen LogP) is 6.27. The maximum atomic E-state index is 13.3. The average Bonchev–Trinajstić information content (AvgIpc) is 3.48. The van der Waals surface area contributed by atoms with Gasteiger partial charge in [-0.1, -0.05) is 38.5 Å². The van der Waals surface area contributed by atoms with Gasteiger partial charge in [-0.25, -0.2) is 9.67 Å².